The summed E-state index contributed by atoms with van der Waals surface area (Å²) >= 11 is 0. The molecule has 4 heteroatoms. The lowest BCUT2D eigenvalue weighted by molar-refractivity contribution is 0.470. The summed E-state index contributed by atoms with van der Waals surface area (Å²) in [7, 11) is 0. The molecule has 0 spiro atoms. The fraction of sp³-hybridized carbons (Fsp3) is 0.467. The van der Waals surface area contributed by atoms with Crippen molar-refractivity contribution in [2.45, 2.75) is 39.3 Å². The van der Waals surface area contributed by atoms with Crippen molar-refractivity contribution in [3.63, 3.8) is 0 Å². The zero-order valence-corrected chi connectivity index (χ0v) is 11.7. The largest absolute Gasteiger partial charge is 0.312 e. The fourth-order valence-electron chi connectivity index (χ4n) is 2.13. The van der Waals surface area contributed by atoms with E-state index in [1.165, 1.54) is 11.1 Å². The molecule has 0 radical (unpaired) electrons. The lowest BCUT2D eigenvalue weighted by atomic mass is 10.0. The summed E-state index contributed by atoms with van der Waals surface area (Å²) in [5.41, 5.74) is 2.76. The third kappa shape index (κ3) is 4.83. The van der Waals surface area contributed by atoms with Crippen molar-refractivity contribution in [1.29, 1.82) is 0 Å². The molecule has 0 aliphatic heterocycles. The van der Waals surface area contributed by atoms with E-state index in [1.807, 2.05) is 10.9 Å². The van der Waals surface area contributed by atoms with E-state index in [0.29, 0.717) is 6.04 Å². The molecule has 1 aromatic heterocycles. The van der Waals surface area contributed by atoms with Crippen molar-refractivity contribution in [3.8, 4) is 0 Å². The molecule has 102 valence electrons. The van der Waals surface area contributed by atoms with Crippen LogP contribution in [-0.4, -0.2) is 27.6 Å². The maximum Gasteiger partial charge on any atom is 0.0692 e. The summed E-state index contributed by atoms with van der Waals surface area (Å²) in [5.74, 6) is 0. The molecule has 2 aromatic rings. The summed E-state index contributed by atoms with van der Waals surface area (Å²) in [6.07, 6.45) is 5.88. The number of hydrogen-bond acceptors (Lipinski definition) is 3. The Balaban J connectivity index is 1.65. The van der Waals surface area contributed by atoms with Crippen LogP contribution in [0, 0.1) is 6.92 Å². The van der Waals surface area contributed by atoms with Gasteiger partial charge in [0, 0.05) is 18.8 Å². The Morgan fingerprint density at radius 2 is 2.26 bits per heavy atom. The normalized spacial score (nSPS) is 12.5. The van der Waals surface area contributed by atoms with E-state index in [4.69, 9.17) is 0 Å². The van der Waals surface area contributed by atoms with Gasteiger partial charge in [-0.1, -0.05) is 35.0 Å². The van der Waals surface area contributed by atoms with Crippen molar-refractivity contribution in [3.05, 3.63) is 47.8 Å². The van der Waals surface area contributed by atoms with Crippen LogP contribution in [-0.2, 0) is 13.0 Å². The molecule has 0 saturated heterocycles. The van der Waals surface area contributed by atoms with Gasteiger partial charge in [0.1, 0.15) is 0 Å². The van der Waals surface area contributed by atoms with Gasteiger partial charge in [-0.2, -0.15) is 0 Å². The fourth-order valence-corrected chi connectivity index (χ4v) is 2.13. The smallest absolute Gasteiger partial charge is 0.0692 e. The predicted octanol–water partition coefficient (Wildman–Crippen LogP) is 2.20. The molecule has 0 bridgehead atoms. The number of aromatic nitrogens is 3. The first-order valence-corrected chi connectivity index (χ1v) is 6.87. The first kappa shape index (κ1) is 13.7. The second kappa shape index (κ2) is 7.04. The van der Waals surface area contributed by atoms with Gasteiger partial charge in [0.2, 0.25) is 0 Å². The number of aryl methyl sites for hydroxylation is 2. The highest BCUT2D eigenvalue weighted by atomic mass is 15.4. The van der Waals surface area contributed by atoms with Gasteiger partial charge in [0.15, 0.2) is 0 Å². The Kier molecular flexibility index (Phi) is 5.10. The quantitative estimate of drug-likeness (QED) is 0.828. The number of nitrogens with one attached hydrogen (secondary N) is 1. The first-order valence-electron chi connectivity index (χ1n) is 6.87. The molecule has 0 fully saturated rings. The van der Waals surface area contributed by atoms with E-state index >= 15 is 0 Å². The molecule has 0 aliphatic carbocycles. The standard InChI is InChI=1S/C15H22N4/c1-13-4-3-5-15(12-13)7-6-14(2)16-8-10-19-11-9-17-18-19/h3-5,9,11-12,14,16H,6-8,10H2,1-2H3. The van der Waals surface area contributed by atoms with Crippen molar-refractivity contribution in [2.75, 3.05) is 6.54 Å². The van der Waals surface area contributed by atoms with Crippen molar-refractivity contribution >= 4 is 0 Å². The van der Waals surface area contributed by atoms with E-state index in [2.05, 4.69) is 53.7 Å². The van der Waals surface area contributed by atoms with Crippen LogP contribution in [0.25, 0.3) is 0 Å². The van der Waals surface area contributed by atoms with Crippen LogP contribution < -0.4 is 5.32 Å². The molecule has 0 saturated carbocycles. The van der Waals surface area contributed by atoms with Gasteiger partial charge in [-0.05, 0) is 32.3 Å². The lowest BCUT2D eigenvalue weighted by Gasteiger charge is -2.13. The van der Waals surface area contributed by atoms with Gasteiger partial charge in [-0.3, -0.25) is 4.68 Å². The van der Waals surface area contributed by atoms with Crippen LogP contribution in [0.1, 0.15) is 24.5 Å². The van der Waals surface area contributed by atoms with E-state index in [0.717, 1.165) is 25.9 Å². The number of rotatable bonds is 7. The average molecular weight is 258 g/mol. The predicted molar refractivity (Wildman–Crippen MR) is 77.0 cm³/mol. The van der Waals surface area contributed by atoms with Crippen molar-refractivity contribution < 1.29 is 0 Å². The lowest BCUT2D eigenvalue weighted by Crippen LogP contribution is -2.29. The van der Waals surface area contributed by atoms with Gasteiger partial charge < -0.3 is 5.32 Å². The Hall–Kier alpha value is -1.68. The van der Waals surface area contributed by atoms with E-state index in [1.54, 1.807) is 6.20 Å². The van der Waals surface area contributed by atoms with Crippen molar-refractivity contribution in [2.24, 2.45) is 0 Å². The zero-order chi connectivity index (χ0) is 13.5. The summed E-state index contributed by atoms with van der Waals surface area (Å²) in [4.78, 5) is 0. The van der Waals surface area contributed by atoms with Crippen LogP contribution in [0.5, 0.6) is 0 Å². The Morgan fingerprint density at radius 3 is 3.00 bits per heavy atom. The average Bonchev–Trinajstić information content (AvgIpc) is 2.90. The molecular weight excluding hydrogens is 236 g/mol. The van der Waals surface area contributed by atoms with Gasteiger partial charge >= 0.3 is 0 Å². The van der Waals surface area contributed by atoms with Gasteiger partial charge in [0.05, 0.1) is 12.7 Å². The molecule has 1 aromatic carbocycles. The third-order valence-corrected chi connectivity index (χ3v) is 3.25. The van der Waals surface area contributed by atoms with Crippen LogP contribution in [0.15, 0.2) is 36.7 Å². The molecule has 4 nitrogen and oxygen atoms in total. The van der Waals surface area contributed by atoms with Gasteiger partial charge in [-0.15, -0.1) is 5.10 Å². The highest BCUT2D eigenvalue weighted by molar-refractivity contribution is 5.22. The number of nitrogens with zero attached hydrogens (tertiary/aromatic N) is 3. The number of benzene rings is 1. The third-order valence-electron chi connectivity index (χ3n) is 3.25. The SMILES string of the molecule is Cc1cccc(CCC(C)NCCn2ccnn2)c1. The van der Waals surface area contributed by atoms with Gasteiger partial charge in [-0.25, -0.2) is 0 Å². The Morgan fingerprint density at radius 1 is 1.37 bits per heavy atom. The van der Waals surface area contributed by atoms with E-state index < -0.39 is 0 Å². The summed E-state index contributed by atoms with van der Waals surface area (Å²) in [5, 5.41) is 11.2. The zero-order valence-electron chi connectivity index (χ0n) is 11.7. The minimum absolute atomic E-state index is 0.518. The van der Waals surface area contributed by atoms with Crippen LogP contribution in [0.2, 0.25) is 0 Å². The van der Waals surface area contributed by atoms with E-state index in [-0.39, 0.29) is 0 Å². The molecule has 1 N–H and O–H groups in total. The monoisotopic (exact) mass is 258 g/mol. The molecule has 19 heavy (non-hydrogen) atoms. The number of hydrogen-bond donors (Lipinski definition) is 1. The highest BCUT2D eigenvalue weighted by Crippen LogP contribution is 2.07. The summed E-state index contributed by atoms with van der Waals surface area (Å²) in [6, 6.07) is 9.26. The summed E-state index contributed by atoms with van der Waals surface area (Å²) < 4.78 is 1.85. The Bertz CT molecular complexity index is 479. The minimum atomic E-state index is 0.518. The Labute approximate surface area is 114 Å². The molecule has 1 atom stereocenters. The topological polar surface area (TPSA) is 42.7 Å². The van der Waals surface area contributed by atoms with Crippen LogP contribution in [0.4, 0.5) is 0 Å². The molecular formula is C15H22N4. The molecule has 2 rings (SSSR count). The first-order chi connectivity index (χ1) is 9.24. The highest BCUT2D eigenvalue weighted by Gasteiger charge is 2.02. The second-order valence-electron chi connectivity index (χ2n) is 5.05. The molecule has 1 unspecified atom stereocenters. The van der Waals surface area contributed by atoms with E-state index in [9.17, 15) is 0 Å². The molecule has 0 amide bonds. The maximum absolute atomic E-state index is 3.94. The molecule has 0 aliphatic rings. The van der Waals surface area contributed by atoms with Crippen LogP contribution >= 0.6 is 0 Å². The second-order valence-corrected chi connectivity index (χ2v) is 5.05. The minimum Gasteiger partial charge on any atom is -0.312 e. The maximum atomic E-state index is 3.94. The summed E-state index contributed by atoms with van der Waals surface area (Å²) in [6.45, 7) is 6.17. The molecule has 1 heterocycles. The van der Waals surface area contributed by atoms with Crippen LogP contribution in [0.3, 0.4) is 0 Å². The van der Waals surface area contributed by atoms with Crippen molar-refractivity contribution in [1.82, 2.24) is 20.3 Å². The van der Waals surface area contributed by atoms with Gasteiger partial charge in [0.25, 0.3) is 0 Å².